The van der Waals surface area contributed by atoms with Gasteiger partial charge in [0.25, 0.3) is 0 Å². The van der Waals surface area contributed by atoms with E-state index in [0.29, 0.717) is 0 Å². The van der Waals surface area contributed by atoms with Crippen LogP contribution in [0, 0.1) is 39.5 Å². The highest BCUT2D eigenvalue weighted by atomic mass is 16.9. The molecule has 0 aliphatic carbocycles. The van der Waals surface area contributed by atoms with Gasteiger partial charge in [0.1, 0.15) is 11.2 Å². The molecule has 0 spiro atoms. The largest absolute Gasteiger partial charge is 0.330 e. The zero-order valence-electron chi connectivity index (χ0n) is 23.6. The van der Waals surface area contributed by atoms with Crippen LogP contribution in [0.2, 0.25) is 0 Å². The Bertz CT molecular complexity index is 1420. The number of ether oxygens (including phenoxy) is 3. The fourth-order valence-electron chi connectivity index (χ4n) is 7.56. The fraction of sp³-hybridized carbons (Fsp3) is 0.333. The van der Waals surface area contributed by atoms with E-state index in [0.717, 1.165) is 22.3 Å². The third-order valence-electron chi connectivity index (χ3n) is 9.71. The molecule has 0 radical (unpaired) electrons. The van der Waals surface area contributed by atoms with Crippen LogP contribution in [0.1, 0.15) is 58.4 Å². The molecule has 4 saturated heterocycles. The van der Waals surface area contributed by atoms with E-state index in [9.17, 15) is 0 Å². The lowest BCUT2D eigenvalue weighted by atomic mass is 9.64. The zero-order valence-corrected chi connectivity index (χ0v) is 23.6. The molecule has 3 heteroatoms. The Morgan fingerprint density at radius 1 is 0.385 bits per heavy atom. The van der Waals surface area contributed by atoms with Crippen LogP contribution >= 0.6 is 0 Å². The molecule has 39 heavy (non-hydrogen) atoms. The summed E-state index contributed by atoms with van der Waals surface area (Å²) in [6.07, 6.45) is 0. The first-order valence-electron chi connectivity index (χ1n) is 14.1. The molecule has 3 nitrogen and oxygen atoms in total. The van der Waals surface area contributed by atoms with E-state index in [1.165, 1.54) is 22.3 Å². The summed E-state index contributed by atoms with van der Waals surface area (Å²) in [6, 6.07) is 34.9. The molecule has 4 aromatic carbocycles. The Balaban J connectivity index is 1.59. The molecule has 6 atom stereocenters. The second kappa shape index (κ2) is 8.14. The molecular weight excluding hydrogens is 480 g/mol. The van der Waals surface area contributed by atoms with Crippen molar-refractivity contribution in [2.75, 3.05) is 0 Å². The van der Waals surface area contributed by atoms with Gasteiger partial charge in [-0.3, -0.25) is 0 Å². The van der Waals surface area contributed by atoms with Crippen molar-refractivity contribution in [3.63, 3.8) is 0 Å². The molecule has 0 N–H and O–H groups in total. The smallest absolute Gasteiger partial charge is 0.205 e. The minimum Gasteiger partial charge on any atom is -0.330 e. The maximum atomic E-state index is 7.51. The molecule has 0 unspecified atom stereocenters. The van der Waals surface area contributed by atoms with Crippen LogP contribution in [0.25, 0.3) is 0 Å². The quantitative estimate of drug-likeness (QED) is 0.274. The topological polar surface area (TPSA) is 27.7 Å². The SMILES string of the molecule is Cc1ccc([C@]23O[C@@]4(c5ccc(C)cc5)O[C@](c5ccc(C)cc5)([C@@H]2C)[C@](c2ccc(C)cc2)(O3)[C@H]4C)cc1. The van der Waals surface area contributed by atoms with Crippen molar-refractivity contribution in [3.8, 4) is 0 Å². The lowest BCUT2D eigenvalue weighted by Crippen LogP contribution is -2.56. The van der Waals surface area contributed by atoms with Crippen molar-refractivity contribution in [2.24, 2.45) is 11.8 Å². The van der Waals surface area contributed by atoms with Gasteiger partial charge in [-0.15, -0.1) is 0 Å². The van der Waals surface area contributed by atoms with E-state index >= 15 is 0 Å². The molecule has 8 rings (SSSR count). The first kappa shape index (κ1) is 24.8. The van der Waals surface area contributed by atoms with Crippen LogP contribution in [-0.2, 0) is 37.0 Å². The predicted octanol–water partition coefficient (Wildman–Crippen LogP) is 8.08. The second-order valence-corrected chi connectivity index (χ2v) is 12.0. The van der Waals surface area contributed by atoms with E-state index in [4.69, 9.17) is 14.2 Å². The number of aryl methyl sites for hydroxylation is 4. The van der Waals surface area contributed by atoms with Crippen LogP contribution in [0.4, 0.5) is 0 Å². The highest BCUT2D eigenvalue weighted by Gasteiger charge is 2.88. The molecule has 4 aromatic rings. The van der Waals surface area contributed by atoms with Gasteiger partial charge in [0.05, 0.1) is 11.8 Å². The Labute approximate surface area is 231 Å². The molecule has 4 heterocycles. The van der Waals surface area contributed by atoms with Gasteiger partial charge >= 0.3 is 0 Å². The Hall–Kier alpha value is -3.24. The average Bonchev–Trinajstić information content (AvgIpc) is 3.19. The fourth-order valence-corrected chi connectivity index (χ4v) is 7.56. The summed E-state index contributed by atoms with van der Waals surface area (Å²) < 4.78 is 22.3. The maximum Gasteiger partial charge on any atom is 0.205 e. The second-order valence-electron chi connectivity index (χ2n) is 12.0. The van der Waals surface area contributed by atoms with E-state index in [-0.39, 0.29) is 11.8 Å². The Kier molecular flexibility index (Phi) is 5.17. The lowest BCUT2D eigenvalue weighted by Gasteiger charge is -2.52. The number of hydrogen-bond donors (Lipinski definition) is 0. The summed E-state index contributed by atoms with van der Waals surface area (Å²) in [5.41, 5.74) is 7.57. The third kappa shape index (κ3) is 2.99. The van der Waals surface area contributed by atoms with Crippen molar-refractivity contribution in [2.45, 2.75) is 64.3 Å². The highest BCUT2D eigenvalue weighted by Crippen LogP contribution is 2.80. The van der Waals surface area contributed by atoms with Crippen LogP contribution in [-0.4, -0.2) is 0 Å². The van der Waals surface area contributed by atoms with Crippen molar-refractivity contribution in [1.29, 1.82) is 0 Å². The molecule has 4 aliphatic rings. The summed E-state index contributed by atoms with van der Waals surface area (Å²) in [7, 11) is 0. The predicted molar refractivity (Wildman–Crippen MR) is 153 cm³/mol. The molecular formula is C36H36O3. The normalized spacial score (nSPS) is 34.5. The molecule has 4 aliphatic heterocycles. The van der Waals surface area contributed by atoms with Crippen molar-refractivity contribution < 1.29 is 14.2 Å². The van der Waals surface area contributed by atoms with Gasteiger partial charge in [0, 0.05) is 11.1 Å². The van der Waals surface area contributed by atoms with Gasteiger partial charge in [-0.1, -0.05) is 133 Å². The highest BCUT2D eigenvalue weighted by molar-refractivity contribution is 5.49. The first-order chi connectivity index (χ1) is 18.7. The van der Waals surface area contributed by atoms with Gasteiger partial charge in [-0.25, -0.2) is 0 Å². The first-order valence-corrected chi connectivity index (χ1v) is 14.1. The molecule has 0 aromatic heterocycles. The van der Waals surface area contributed by atoms with Gasteiger partial charge in [-0.2, -0.15) is 0 Å². The van der Waals surface area contributed by atoms with Crippen molar-refractivity contribution in [3.05, 3.63) is 142 Å². The summed E-state index contributed by atoms with van der Waals surface area (Å²) in [4.78, 5) is 0. The molecule has 0 amide bonds. The summed E-state index contributed by atoms with van der Waals surface area (Å²) in [6.45, 7) is 13.0. The van der Waals surface area contributed by atoms with Crippen LogP contribution in [0.3, 0.4) is 0 Å². The summed E-state index contributed by atoms with van der Waals surface area (Å²) in [5.74, 6) is -2.28. The minimum atomic E-state index is -1.00. The molecule has 0 saturated carbocycles. The maximum absolute atomic E-state index is 7.51. The molecule has 4 bridgehead atoms. The lowest BCUT2D eigenvalue weighted by molar-refractivity contribution is -0.449. The van der Waals surface area contributed by atoms with E-state index in [1.807, 2.05) is 0 Å². The number of hydrogen-bond acceptors (Lipinski definition) is 3. The van der Waals surface area contributed by atoms with E-state index in [1.54, 1.807) is 0 Å². The molecule has 4 fully saturated rings. The zero-order chi connectivity index (χ0) is 27.2. The van der Waals surface area contributed by atoms with Gasteiger partial charge in [0.15, 0.2) is 0 Å². The Morgan fingerprint density at radius 2 is 0.641 bits per heavy atom. The van der Waals surface area contributed by atoms with Gasteiger partial charge in [0.2, 0.25) is 11.6 Å². The van der Waals surface area contributed by atoms with Crippen molar-refractivity contribution in [1.82, 2.24) is 0 Å². The van der Waals surface area contributed by atoms with E-state index in [2.05, 4.69) is 139 Å². The standard InChI is InChI=1S/C36H36O3/c1-23-7-15-29(16-8-23)33-27(5)35(31-19-11-25(3)12-20-31)38-34(33,30-17-9-24(2)10-18-30)28(6)36(37-33,39-35)32-21-13-26(4)14-22-32/h7-22,27-28H,1-6H3/t27-,28+,33-,34-,35+,36-/m0/s1. The van der Waals surface area contributed by atoms with E-state index < -0.39 is 22.8 Å². The number of benzene rings is 4. The monoisotopic (exact) mass is 516 g/mol. The Morgan fingerprint density at radius 3 is 0.923 bits per heavy atom. The van der Waals surface area contributed by atoms with Crippen LogP contribution in [0.15, 0.2) is 97.1 Å². The number of rotatable bonds is 4. The van der Waals surface area contributed by atoms with Gasteiger partial charge in [-0.05, 0) is 38.8 Å². The minimum absolute atomic E-state index is 0.139. The average molecular weight is 517 g/mol. The van der Waals surface area contributed by atoms with Crippen LogP contribution < -0.4 is 0 Å². The third-order valence-corrected chi connectivity index (χ3v) is 9.71. The summed E-state index contributed by atoms with van der Waals surface area (Å²) >= 11 is 0. The molecule has 198 valence electrons. The summed E-state index contributed by atoms with van der Waals surface area (Å²) in [5, 5.41) is 0. The van der Waals surface area contributed by atoms with Crippen molar-refractivity contribution >= 4 is 0 Å². The van der Waals surface area contributed by atoms with Gasteiger partial charge < -0.3 is 14.2 Å². The van der Waals surface area contributed by atoms with Crippen LogP contribution in [0.5, 0.6) is 0 Å².